The number of aliphatic hydroxyl groups excluding tert-OH is 1. The Morgan fingerprint density at radius 2 is 2.07 bits per heavy atom. The van der Waals surface area contributed by atoms with Crippen LogP contribution in [0.3, 0.4) is 0 Å². The first-order valence-corrected chi connectivity index (χ1v) is 5.43. The van der Waals surface area contributed by atoms with Crippen molar-refractivity contribution in [3.05, 3.63) is 11.6 Å². The van der Waals surface area contributed by atoms with E-state index in [1.165, 1.54) is 0 Å². The molecule has 0 aliphatic rings. The Kier molecular flexibility index (Phi) is 6.25. The summed E-state index contributed by atoms with van der Waals surface area (Å²) in [7, 11) is 0. The minimum atomic E-state index is -0.466. The third-order valence-electron chi connectivity index (χ3n) is 2.70. The van der Waals surface area contributed by atoms with Gasteiger partial charge in [-0.1, -0.05) is 18.6 Å². The average molecular weight is 214 g/mol. The van der Waals surface area contributed by atoms with Gasteiger partial charge in [-0.15, -0.1) is 0 Å². The molecule has 0 fully saturated rings. The van der Waals surface area contributed by atoms with Crippen molar-refractivity contribution in [2.24, 2.45) is 5.41 Å². The Morgan fingerprint density at radius 1 is 1.47 bits per heavy atom. The van der Waals surface area contributed by atoms with E-state index in [-0.39, 0.29) is 12.6 Å². The maximum absolute atomic E-state index is 11.7. The molecule has 3 heteroatoms. The third kappa shape index (κ3) is 4.47. The number of esters is 1. The van der Waals surface area contributed by atoms with Crippen LogP contribution in [0.25, 0.3) is 0 Å². The van der Waals surface area contributed by atoms with E-state index >= 15 is 0 Å². The highest BCUT2D eigenvalue weighted by atomic mass is 16.5. The lowest BCUT2D eigenvalue weighted by Gasteiger charge is -2.24. The van der Waals surface area contributed by atoms with Gasteiger partial charge in [0.25, 0.3) is 0 Å². The number of allylic oxidation sites excluding steroid dienone is 1. The van der Waals surface area contributed by atoms with Gasteiger partial charge in [0, 0.05) is 0 Å². The first kappa shape index (κ1) is 14.2. The SMILES string of the molecule is CCOC(=O)C(C)(CC)C/C=C(/C)CO. The number of aliphatic hydroxyl groups is 1. The average Bonchev–Trinajstić information content (AvgIpc) is 2.25. The Morgan fingerprint density at radius 3 is 2.47 bits per heavy atom. The molecule has 0 radical (unpaired) electrons. The van der Waals surface area contributed by atoms with Crippen LogP contribution in [0.5, 0.6) is 0 Å². The molecule has 0 amide bonds. The van der Waals surface area contributed by atoms with Gasteiger partial charge in [0.05, 0.1) is 18.6 Å². The summed E-state index contributed by atoms with van der Waals surface area (Å²) in [4.78, 5) is 11.7. The number of ether oxygens (including phenoxy) is 1. The second-order valence-corrected chi connectivity index (χ2v) is 4.05. The Hall–Kier alpha value is -0.830. The Balaban J connectivity index is 4.50. The summed E-state index contributed by atoms with van der Waals surface area (Å²) in [6, 6.07) is 0. The molecule has 0 saturated carbocycles. The van der Waals surface area contributed by atoms with Crippen molar-refractivity contribution in [2.75, 3.05) is 13.2 Å². The smallest absolute Gasteiger partial charge is 0.312 e. The molecule has 0 aromatic heterocycles. The van der Waals surface area contributed by atoms with E-state index in [9.17, 15) is 4.79 Å². The van der Waals surface area contributed by atoms with Crippen LogP contribution in [0.1, 0.15) is 40.5 Å². The zero-order chi connectivity index (χ0) is 11.9. The predicted octanol–water partition coefficient (Wildman–Crippen LogP) is 2.29. The fraction of sp³-hybridized carbons (Fsp3) is 0.750. The van der Waals surface area contributed by atoms with Crippen LogP contribution in [0, 0.1) is 5.41 Å². The summed E-state index contributed by atoms with van der Waals surface area (Å²) < 4.78 is 5.03. The van der Waals surface area contributed by atoms with Crippen LogP contribution in [0.15, 0.2) is 11.6 Å². The minimum Gasteiger partial charge on any atom is -0.466 e. The summed E-state index contributed by atoms with van der Waals surface area (Å²) in [5, 5.41) is 8.86. The molecule has 1 N–H and O–H groups in total. The summed E-state index contributed by atoms with van der Waals surface area (Å²) >= 11 is 0. The first-order valence-electron chi connectivity index (χ1n) is 5.43. The maximum Gasteiger partial charge on any atom is 0.312 e. The fourth-order valence-electron chi connectivity index (χ4n) is 1.14. The van der Waals surface area contributed by atoms with E-state index in [4.69, 9.17) is 9.84 Å². The second kappa shape index (κ2) is 6.62. The van der Waals surface area contributed by atoms with Crippen LogP contribution < -0.4 is 0 Å². The molecule has 0 spiro atoms. The molecule has 0 aliphatic heterocycles. The van der Waals surface area contributed by atoms with Crippen LogP contribution >= 0.6 is 0 Å². The highest BCUT2D eigenvalue weighted by molar-refractivity contribution is 5.76. The van der Waals surface area contributed by atoms with E-state index in [1.54, 1.807) is 0 Å². The van der Waals surface area contributed by atoms with Crippen molar-refractivity contribution in [3.63, 3.8) is 0 Å². The zero-order valence-corrected chi connectivity index (χ0v) is 10.2. The number of rotatable bonds is 6. The van der Waals surface area contributed by atoms with Gasteiger partial charge in [-0.3, -0.25) is 4.79 Å². The number of carbonyl (C=O) groups is 1. The van der Waals surface area contributed by atoms with E-state index in [1.807, 2.05) is 33.8 Å². The van der Waals surface area contributed by atoms with Crippen molar-refractivity contribution < 1.29 is 14.6 Å². The quantitative estimate of drug-likeness (QED) is 0.545. The van der Waals surface area contributed by atoms with Crippen molar-refractivity contribution in [3.8, 4) is 0 Å². The van der Waals surface area contributed by atoms with Crippen LogP contribution in [0.4, 0.5) is 0 Å². The molecular formula is C12H22O3. The lowest BCUT2D eigenvalue weighted by atomic mass is 9.83. The van der Waals surface area contributed by atoms with Gasteiger partial charge in [-0.2, -0.15) is 0 Å². The van der Waals surface area contributed by atoms with Crippen molar-refractivity contribution in [2.45, 2.75) is 40.5 Å². The van der Waals surface area contributed by atoms with Crippen molar-refractivity contribution in [1.29, 1.82) is 0 Å². The molecule has 0 aromatic carbocycles. The molecule has 0 rings (SSSR count). The predicted molar refractivity (Wildman–Crippen MR) is 60.5 cm³/mol. The standard InChI is InChI=1S/C12H22O3/c1-5-12(4,11(14)15-6-2)8-7-10(3)9-13/h7,13H,5-6,8-9H2,1-4H3/b10-7-. The molecule has 1 unspecified atom stereocenters. The van der Waals surface area contributed by atoms with Gasteiger partial charge < -0.3 is 9.84 Å². The Labute approximate surface area is 92.1 Å². The second-order valence-electron chi connectivity index (χ2n) is 4.05. The van der Waals surface area contributed by atoms with Gasteiger partial charge in [0.15, 0.2) is 0 Å². The van der Waals surface area contributed by atoms with Crippen molar-refractivity contribution in [1.82, 2.24) is 0 Å². The fourth-order valence-corrected chi connectivity index (χ4v) is 1.14. The summed E-state index contributed by atoms with van der Waals surface area (Å²) in [6.07, 6.45) is 3.26. The van der Waals surface area contributed by atoms with E-state index in [0.29, 0.717) is 13.0 Å². The molecule has 3 nitrogen and oxygen atoms in total. The summed E-state index contributed by atoms with van der Waals surface area (Å²) in [6.45, 7) is 7.98. The number of carbonyl (C=O) groups excluding carboxylic acids is 1. The highest BCUT2D eigenvalue weighted by Gasteiger charge is 2.31. The minimum absolute atomic E-state index is 0.0443. The van der Waals surface area contributed by atoms with E-state index < -0.39 is 5.41 Å². The van der Waals surface area contributed by atoms with Crippen LogP contribution in [-0.2, 0) is 9.53 Å². The monoisotopic (exact) mass is 214 g/mol. The molecule has 88 valence electrons. The van der Waals surface area contributed by atoms with E-state index in [0.717, 1.165) is 12.0 Å². The first-order chi connectivity index (χ1) is 7.00. The molecule has 0 bridgehead atoms. The normalized spacial score (nSPS) is 15.9. The molecular weight excluding hydrogens is 192 g/mol. The largest absolute Gasteiger partial charge is 0.466 e. The highest BCUT2D eigenvalue weighted by Crippen LogP contribution is 2.28. The third-order valence-corrected chi connectivity index (χ3v) is 2.70. The van der Waals surface area contributed by atoms with Crippen LogP contribution in [-0.4, -0.2) is 24.3 Å². The molecule has 0 heterocycles. The molecule has 0 saturated heterocycles. The summed E-state index contributed by atoms with van der Waals surface area (Å²) in [5.74, 6) is -0.158. The van der Waals surface area contributed by atoms with Gasteiger partial charge in [0.2, 0.25) is 0 Å². The number of hydrogen-bond acceptors (Lipinski definition) is 3. The Bertz CT molecular complexity index is 233. The van der Waals surface area contributed by atoms with Gasteiger partial charge in [-0.25, -0.2) is 0 Å². The zero-order valence-electron chi connectivity index (χ0n) is 10.2. The van der Waals surface area contributed by atoms with E-state index in [2.05, 4.69) is 0 Å². The molecule has 15 heavy (non-hydrogen) atoms. The lowest BCUT2D eigenvalue weighted by Crippen LogP contribution is -2.28. The van der Waals surface area contributed by atoms with Gasteiger partial charge >= 0.3 is 5.97 Å². The van der Waals surface area contributed by atoms with Crippen LogP contribution in [0.2, 0.25) is 0 Å². The lowest BCUT2D eigenvalue weighted by molar-refractivity contribution is -0.154. The van der Waals surface area contributed by atoms with Gasteiger partial charge in [0.1, 0.15) is 0 Å². The van der Waals surface area contributed by atoms with Crippen molar-refractivity contribution >= 4 is 5.97 Å². The molecule has 0 aromatic rings. The van der Waals surface area contributed by atoms with Gasteiger partial charge in [-0.05, 0) is 33.6 Å². The topological polar surface area (TPSA) is 46.5 Å². The maximum atomic E-state index is 11.7. The summed E-state index contributed by atoms with van der Waals surface area (Å²) in [5.41, 5.74) is 0.422. The number of hydrogen-bond donors (Lipinski definition) is 1. The molecule has 0 aliphatic carbocycles. The molecule has 1 atom stereocenters.